The summed E-state index contributed by atoms with van der Waals surface area (Å²) in [5, 5.41) is 14.5. The van der Waals surface area contributed by atoms with Crippen LogP contribution in [0.15, 0.2) is 48.8 Å². The predicted octanol–water partition coefficient (Wildman–Crippen LogP) is 2.75. The van der Waals surface area contributed by atoms with Gasteiger partial charge in [-0.1, -0.05) is 18.2 Å². The SMILES string of the molecule is Cc1cc(NCC(=O)N2c3ccccc3CCC2C)ccc1-n1cnnn1. The smallest absolute Gasteiger partial charge is 0.246 e. The second kappa shape index (κ2) is 7.19. The van der Waals surface area contributed by atoms with Gasteiger partial charge in [0.2, 0.25) is 5.91 Å². The van der Waals surface area contributed by atoms with Crippen LogP contribution in [0.25, 0.3) is 5.69 Å². The molecule has 4 rings (SSSR count). The molecule has 138 valence electrons. The van der Waals surface area contributed by atoms with Gasteiger partial charge in [0.15, 0.2) is 0 Å². The number of fused-ring (bicyclic) bond motifs is 1. The molecule has 7 nitrogen and oxygen atoms in total. The van der Waals surface area contributed by atoms with Crippen molar-refractivity contribution in [2.45, 2.75) is 32.7 Å². The van der Waals surface area contributed by atoms with Crippen LogP contribution in [-0.2, 0) is 11.2 Å². The van der Waals surface area contributed by atoms with Crippen LogP contribution >= 0.6 is 0 Å². The van der Waals surface area contributed by atoms with E-state index in [4.69, 9.17) is 0 Å². The van der Waals surface area contributed by atoms with E-state index in [0.717, 1.165) is 35.5 Å². The zero-order valence-corrected chi connectivity index (χ0v) is 15.5. The van der Waals surface area contributed by atoms with Gasteiger partial charge in [0.1, 0.15) is 6.33 Å². The molecule has 0 fully saturated rings. The van der Waals surface area contributed by atoms with Crippen molar-refractivity contribution < 1.29 is 4.79 Å². The monoisotopic (exact) mass is 362 g/mol. The lowest BCUT2D eigenvalue weighted by molar-refractivity contribution is -0.117. The zero-order valence-electron chi connectivity index (χ0n) is 15.5. The van der Waals surface area contributed by atoms with Gasteiger partial charge in [-0.2, -0.15) is 0 Å². The molecule has 1 atom stereocenters. The number of nitrogens with zero attached hydrogens (tertiary/aromatic N) is 5. The molecule has 0 aliphatic carbocycles. The second-order valence-corrected chi connectivity index (χ2v) is 6.89. The Labute approximate surface area is 158 Å². The van der Waals surface area contributed by atoms with Crippen LogP contribution in [0.1, 0.15) is 24.5 Å². The van der Waals surface area contributed by atoms with Crippen molar-refractivity contribution in [3.63, 3.8) is 0 Å². The molecule has 0 bridgehead atoms. The van der Waals surface area contributed by atoms with Crippen LogP contribution in [0, 0.1) is 6.92 Å². The summed E-state index contributed by atoms with van der Waals surface area (Å²) in [6.45, 7) is 4.36. The Bertz CT molecular complexity index is 953. The highest BCUT2D eigenvalue weighted by atomic mass is 16.2. The number of benzene rings is 2. The van der Waals surface area contributed by atoms with E-state index in [1.54, 1.807) is 11.0 Å². The van der Waals surface area contributed by atoms with Gasteiger partial charge in [0.25, 0.3) is 0 Å². The van der Waals surface area contributed by atoms with Gasteiger partial charge >= 0.3 is 0 Å². The Hall–Kier alpha value is -3.22. The molecule has 1 amide bonds. The summed E-state index contributed by atoms with van der Waals surface area (Å²) in [5.41, 5.74) is 5.11. The molecule has 0 spiro atoms. The third-order valence-corrected chi connectivity index (χ3v) is 5.03. The normalized spacial score (nSPS) is 16.1. The van der Waals surface area contributed by atoms with Crippen LogP contribution in [0.3, 0.4) is 0 Å². The van der Waals surface area contributed by atoms with E-state index in [1.807, 2.05) is 48.2 Å². The Morgan fingerprint density at radius 1 is 1.22 bits per heavy atom. The third kappa shape index (κ3) is 3.40. The number of hydrogen-bond acceptors (Lipinski definition) is 5. The van der Waals surface area contributed by atoms with Crippen molar-refractivity contribution in [2.24, 2.45) is 0 Å². The minimum atomic E-state index is 0.0804. The summed E-state index contributed by atoms with van der Waals surface area (Å²) in [7, 11) is 0. The molecule has 1 unspecified atom stereocenters. The summed E-state index contributed by atoms with van der Waals surface area (Å²) in [6, 6.07) is 14.2. The number of hydrogen-bond donors (Lipinski definition) is 1. The molecule has 0 saturated carbocycles. The van der Waals surface area contributed by atoms with Crippen LogP contribution in [0.4, 0.5) is 11.4 Å². The fourth-order valence-corrected chi connectivity index (χ4v) is 3.63. The van der Waals surface area contributed by atoms with Gasteiger partial charge in [-0.05, 0) is 72.5 Å². The Balaban J connectivity index is 1.48. The van der Waals surface area contributed by atoms with Gasteiger partial charge in [-0.15, -0.1) is 5.10 Å². The molecule has 1 N–H and O–H groups in total. The lowest BCUT2D eigenvalue weighted by atomic mass is 9.96. The number of amides is 1. The number of carbonyl (C=O) groups is 1. The fraction of sp³-hybridized carbons (Fsp3) is 0.300. The predicted molar refractivity (Wildman–Crippen MR) is 104 cm³/mol. The van der Waals surface area contributed by atoms with Gasteiger partial charge in [0, 0.05) is 17.4 Å². The maximum absolute atomic E-state index is 12.9. The Morgan fingerprint density at radius 2 is 2.07 bits per heavy atom. The van der Waals surface area contributed by atoms with Crippen LogP contribution < -0.4 is 10.2 Å². The summed E-state index contributed by atoms with van der Waals surface area (Å²) in [4.78, 5) is 14.8. The molecular formula is C20H22N6O. The summed E-state index contributed by atoms with van der Waals surface area (Å²) in [5.74, 6) is 0.0804. The summed E-state index contributed by atoms with van der Waals surface area (Å²) < 4.78 is 1.62. The number of nitrogens with one attached hydrogen (secondary N) is 1. The molecule has 27 heavy (non-hydrogen) atoms. The van der Waals surface area contributed by atoms with Crippen LogP contribution in [0.5, 0.6) is 0 Å². The second-order valence-electron chi connectivity index (χ2n) is 6.89. The lowest BCUT2D eigenvalue weighted by Gasteiger charge is -2.35. The first-order chi connectivity index (χ1) is 13.1. The number of rotatable bonds is 4. The fourth-order valence-electron chi connectivity index (χ4n) is 3.63. The first-order valence-corrected chi connectivity index (χ1v) is 9.11. The molecular weight excluding hydrogens is 340 g/mol. The number of para-hydroxylation sites is 1. The number of carbonyl (C=O) groups excluding carboxylic acids is 1. The van der Waals surface area contributed by atoms with Gasteiger partial charge in [-0.25, -0.2) is 4.68 Å². The first-order valence-electron chi connectivity index (χ1n) is 9.11. The average molecular weight is 362 g/mol. The molecule has 2 heterocycles. The summed E-state index contributed by atoms with van der Waals surface area (Å²) in [6.07, 6.45) is 3.57. The highest BCUT2D eigenvalue weighted by Crippen LogP contribution is 2.30. The van der Waals surface area contributed by atoms with Crippen molar-refractivity contribution in [1.29, 1.82) is 0 Å². The van der Waals surface area contributed by atoms with Crippen molar-refractivity contribution in [3.8, 4) is 5.69 Å². The average Bonchev–Trinajstić information content (AvgIpc) is 3.20. The topological polar surface area (TPSA) is 75.9 Å². The zero-order chi connectivity index (χ0) is 18.8. The molecule has 1 aliphatic rings. The van der Waals surface area contributed by atoms with E-state index in [9.17, 15) is 4.79 Å². The van der Waals surface area contributed by atoms with Crippen LogP contribution in [-0.4, -0.2) is 38.7 Å². The third-order valence-electron chi connectivity index (χ3n) is 5.03. The number of anilines is 2. The van der Waals surface area contributed by atoms with E-state index >= 15 is 0 Å². The van der Waals surface area contributed by atoms with Gasteiger partial charge < -0.3 is 10.2 Å². The molecule has 1 aromatic heterocycles. The largest absolute Gasteiger partial charge is 0.376 e. The number of aromatic nitrogens is 4. The van der Waals surface area contributed by atoms with E-state index in [-0.39, 0.29) is 18.5 Å². The molecule has 0 radical (unpaired) electrons. The number of aryl methyl sites for hydroxylation is 2. The first kappa shape index (κ1) is 17.2. The molecule has 2 aromatic carbocycles. The molecule has 7 heteroatoms. The van der Waals surface area contributed by atoms with E-state index < -0.39 is 0 Å². The number of tetrazole rings is 1. The van der Waals surface area contributed by atoms with Crippen LogP contribution in [0.2, 0.25) is 0 Å². The maximum atomic E-state index is 12.9. The highest BCUT2D eigenvalue weighted by molar-refractivity contribution is 5.97. The van der Waals surface area contributed by atoms with Crippen molar-refractivity contribution in [1.82, 2.24) is 20.2 Å². The standard InChI is InChI=1S/C20H22N6O/c1-14-11-17(9-10-18(14)25-13-22-23-24-25)21-12-20(27)26-15(2)7-8-16-5-3-4-6-19(16)26/h3-6,9-11,13,15,21H,7-8,12H2,1-2H3. The van der Waals surface area contributed by atoms with Crippen molar-refractivity contribution in [3.05, 3.63) is 59.9 Å². The lowest BCUT2D eigenvalue weighted by Crippen LogP contribution is -2.44. The minimum Gasteiger partial charge on any atom is -0.376 e. The van der Waals surface area contributed by atoms with Gasteiger partial charge in [0.05, 0.1) is 12.2 Å². The maximum Gasteiger partial charge on any atom is 0.246 e. The van der Waals surface area contributed by atoms with Gasteiger partial charge in [-0.3, -0.25) is 4.79 Å². The van der Waals surface area contributed by atoms with Crippen molar-refractivity contribution >= 4 is 17.3 Å². The molecule has 3 aromatic rings. The quantitative estimate of drug-likeness (QED) is 0.772. The minimum absolute atomic E-state index is 0.0804. The molecule has 0 saturated heterocycles. The van der Waals surface area contributed by atoms with E-state index in [1.165, 1.54) is 5.56 Å². The summed E-state index contributed by atoms with van der Waals surface area (Å²) >= 11 is 0. The van der Waals surface area contributed by atoms with E-state index in [2.05, 4.69) is 33.8 Å². The Morgan fingerprint density at radius 3 is 2.85 bits per heavy atom. The van der Waals surface area contributed by atoms with E-state index in [0.29, 0.717) is 0 Å². The highest BCUT2D eigenvalue weighted by Gasteiger charge is 2.27. The Kier molecular flexibility index (Phi) is 4.58. The molecule has 1 aliphatic heterocycles. The van der Waals surface area contributed by atoms with Crippen molar-refractivity contribution in [2.75, 3.05) is 16.8 Å².